The van der Waals surface area contributed by atoms with Crippen LogP contribution in [0.15, 0.2) is 53.0 Å². The summed E-state index contributed by atoms with van der Waals surface area (Å²) in [6, 6.07) is 11.1. The van der Waals surface area contributed by atoms with E-state index in [-0.39, 0.29) is 5.43 Å². The topological polar surface area (TPSA) is 74.6 Å². The molecule has 3 aromatic rings. The van der Waals surface area contributed by atoms with Gasteiger partial charge in [-0.15, -0.1) is 0 Å². The minimum Gasteiger partial charge on any atom is -0.502 e. The lowest BCUT2D eigenvalue weighted by Crippen LogP contribution is -2.18. The van der Waals surface area contributed by atoms with Crippen LogP contribution in [0, 0.1) is 0 Å². The molecule has 4 heteroatoms. The van der Waals surface area contributed by atoms with E-state index < -0.39 is 11.7 Å². The molecule has 0 aliphatic carbocycles. The first kappa shape index (κ1) is 12.2. The molecule has 4 nitrogen and oxygen atoms in total. The molecular formula is C16H10O4. The summed E-state index contributed by atoms with van der Waals surface area (Å²) in [5, 5.41) is 21.4. The highest BCUT2D eigenvalue weighted by atomic mass is 16.4. The number of carbonyl (C=O) groups is 1. The van der Waals surface area contributed by atoms with Crippen LogP contribution in [0.25, 0.3) is 27.6 Å². The van der Waals surface area contributed by atoms with Gasteiger partial charge in [-0.25, -0.2) is 4.79 Å². The molecule has 0 amide bonds. The maximum absolute atomic E-state index is 12.3. The highest BCUT2D eigenvalue weighted by Crippen LogP contribution is 2.22. The van der Waals surface area contributed by atoms with Gasteiger partial charge in [0, 0.05) is 16.0 Å². The molecule has 0 fully saturated rings. The van der Waals surface area contributed by atoms with Crippen molar-refractivity contribution >= 4 is 33.6 Å². The van der Waals surface area contributed by atoms with E-state index >= 15 is 0 Å². The predicted octanol–water partition coefficient (Wildman–Crippen LogP) is 1.82. The van der Waals surface area contributed by atoms with Crippen molar-refractivity contribution in [2.75, 3.05) is 0 Å². The van der Waals surface area contributed by atoms with Gasteiger partial charge >= 0.3 is 5.97 Å². The van der Waals surface area contributed by atoms with Gasteiger partial charge in [0.05, 0.1) is 0 Å². The minimum absolute atomic E-state index is 0.161. The summed E-state index contributed by atoms with van der Waals surface area (Å²) in [4.78, 5) is 22.9. The fourth-order valence-corrected chi connectivity index (χ4v) is 2.42. The largest absolute Gasteiger partial charge is 0.502 e. The molecule has 0 heterocycles. The summed E-state index contributed by atoms with van der Waals surface area (Å²) in [5.41, 5.74) is -0.161. The second-order valence-electron chi connectivity index (χ2n) is 4.48. The van der Waals surface area contributed by atoms with Crippen LogP contribution in [0.3, 0.4) is 0 Å². The Kier molecular flexibility index (Phi) is 2.64. The van der Waals surface area contributed by atoms with Crippen LogP contribution in [0.5, 0.6) is 0 Å². The van der Waals surface area contributed by atoms with E-state index in [1.807, 2.05) is 30.3 Å². The summed E-state index contributed by atoms with van der Waals surface area (Å²) in [6.07, 6.45) is 2.38. The second-order valence-corrected chi connectivity index (χ2v) is 4.48. The van der Waals surface area contributed by atoms with Gasteiger partial charge in [-0.1, -0.05) is 36.4 Å². The lowest BCUT2D eigenvalue weighted by Gasteiger charge is -1.96. The van der Waals surface area contributed by atoms with E-state index in [2.05, 4.69) is 0 Å². The number of carboxylic acid groups (broad SMARTS) is 1. The lowest BCUT2D eigenvalue weighted by molar-refractivity contribution is -0.135. The molecule has 0 aliphatic heterocycles. The molecule has 98 valence electrons. The van der Waals surface area contributed by atoms with Gasteiger partial charge in [0.25, 0.3) is 0 Å². The van der Waals surface area contributed by atoms with E-state index in [9.17, 15) is 14.7 Å². The maximum atomic E-state index is 12.3. The first-order valence-electron chi connectivity index (χ1n) is 6.00. The van der Waals surface area contributed by atoms with Gasteiger partial charge in [-0.05, 0) is 22.9 Å². The number of hydrogen-bond acceptors (Lipinski definition) is 3. The number of rotatable bonds is 2. The highest BCUT2D eigenvalue weighted by Gasteiger charge is 2.10. The first-order valence-corrected chi connectivity index (χ1v) is 6.00. The predicted molar refractivity (Wildman–Crippen MR) is 76.9 cm³/mol. The van der Waals surface area contributed by atoms with Crippen molar-refractivity contribution in [3.63, 3.8) is 0 Å². The summed E-state index contributed by atoms with van der Waals surface area (Å²) in [5.74, 6) is -2.23. The zero-order valence-corrected chi connectivity index (χ0v) is 10.3. The molecule has 20 heavy (non-hydrogen) atoms. The first-order chi connectivity index (χ1) is 9.59. The van der Waals surface area contributed by atoms with Crippen LogP contribution in [-0.4, -0.2) is 16.2 Å². The molecule has 3 aromatic carbocycles. The fraction of sp³-hybridized carbons (Fsp3) is 0. The zero-order chi connectivity index (χ0) is 14.3. The van der Waals surface area contributed by atoms with Crippen molar-refractivity contribution in [3.05, 3.63) is 63.7 Å². The Bertz CT molecular complexity index is 948. The van der Waals surface area contributed by atoms with Crippen molar-refractivity contribution in [1.82, 2.24) is 0 Å². The number of allylic oxidation sites excluding steroid dienone is 1. The second kappa shape index (κ2) is 4.35. The molecule has 3 rings (SSSR count). The molecule has 0 saturated heterocycles. The van der Waals surface area contributed by atoms with Crippen molar-refractivity contribution in [1.29, 1.82) is 0 Å². The van der Waals surface area contributed by atoms with Gasteiger partial charge in [-0.2, -0.15) is 0 Å². The lowest BCUT2D eigenvalue weighted by atomic mass is 10.1. The van der Waals surface area contributed by atoms with Crippen LogP contribution in [0.2, 0.25) is 0 Å². The Hall–Kier alpha value is -2.88. The quantitative estimate of drug-likeness (QED) is 0.548. The van der Waals surface area contributed by atoms with Gasteiger partial charge in [0.15, 0.2) is 5.43 Å². The van der Waals surface area contributed by atoms with E-state index in [1.54, 1.807) is 6.07 Å². The van der Waals surface area contributed by atoms with Crippen LogP contribution in [-0.2, 0) is 4.79 Å². The summed E-state index contributed by atoms with van der Waals surface area (Å²) in [6.45, 7) is 0. The Morgan fingerprint density at radius 3 is 2.30 bits per heavy atom. The summed E-state index contributed by atoms with van der Waals surface area (Å²) >= 11 is 0. The standard InChI is InChI=1S/C16H10O4/c17-13(16(19)20)8-7-11-10-5-1-3-9-4-2-6-12(14(9)10)15(11)18/h1-8,17H,(H,19,20). The molecule has 0 aromatic heterocycles. The number of benzene rings is 2. The molecule has 0 spiro atoms. The van der Waals surface area contributed by atoms with Crippen LogP contribution < -0.4 is 10.6 Å². The van der Waals surface area contributed by atoms with Gasteiger partial charge in [0.2, 0.25) is 5.76 Å². The maximum Gasteiger partial charge on any atom is 0.370 e. The van der Waals surface area contributed by atoms with E-state index in [0.717, 1.165) is 22.2 Å². The number of aliphatic hydroxyl groups excluding tert-OH is 1. The number of hydrogen-bond donors (Lipinski definition) is 2. The average Bonchev–Trinajstić information content (AvgIpc) is 2.72. The van der Waals surface area contributed by atoms with E-state index in [4.69, 9.17) is 5.11 Å². The van der Waals surface area contributed by atoms with Gasteiger partial charge in [-0.3, -0.25) is 4.79 Å². The third-order valence-corrected chi connectivity index (χ3v) is 3.31. The molecule has 0 atom stereocenters. The van der Waals surface area contributed by atoms with Gasteiger partial charge in [0.1, 0.15) is 0 Å². The third-order valence-electron chi connectivity index (χ3n) is 3.31. The fourth-order valence-electron chi connectivity index (χ4n) is 2.42. The zero-order valence-electron chi connectivity index (χ0n) is 10.3. The Morgan fingerprint density at radius 1 is 1.00 bits per heavy atom. The Morgan fingerprint density at radius 2 is 1.65 bits per heavy atom. The Labute approximate surface area is 113 Å². The van der Waals surface area contributed by atoms with Crippen LogP contribution >= 0.6 is 0 Å². The van der Waals surface area contributed by atoms with Crippen molar-refractivity contribution < 1.29 is 15.0 Å². The van der Waals surface area contributed by atoms with E-state index in [1.165, 1.54) is 6.08 Å². The molecule has 0 saturated carbocycles. The molecule has 0 aliphatic rings. The van der Waals surface area contributed by atoms with Crippen molar-refractivity contribution in [2.24, 2.45) is 0 Å². The number of aliphatic hydroxyl groups is 1. The van der Waals surface area contributed by atoms with E-state index in [0.29, 0.717) is 10.6 Å². The van der Waals surface area contributed by atoms with Crippen LogP contribution in [0.1, 0.15) is 0 Å². The molecule has 0 radical (unpaired) electrons. The van der Waals surface area contributed by atoms with Gasteiger partial charge < -0.3 is 10.2 Å². The third kappa shape index (κ3) is 1.70. The minimum atomic E-state index is -1.43. The highest BCUT2D eigenvalue weighted by molar-refractivity contribution is 6.12. The van der Waals surface area contributed by atoms with Crippen molar-refractivity contribution in [2.45, 2.75) is 0 Å². The number of carboxylic acids is 1. The number of aliphatic carboxylic acids is 1. The van der Waals surface area contributed by atoms with Crippen LogP contribution in [0.4, 0.5) is 0 Å². The Balaban J connectivity index is 2.43. The molecule has 2 N–H and O–H groups in total. The molecular weight excluding hydrogens is 256 g/mol. The SMILES string of the molecule is O=C(O)C(O)=CC=c1c(=O)c2cccc3cccc1c32. The molecule has 0 unspecified atom stereocenters. The average molecular weight is 266 g/mol. The molecule has 0 bridgehead atoms. The monoisotopic (exact) mass is 266 g/mol. The van der Waals surface area contributed by atoms with Crippen molar-refractivity contribution in [3.8, 4) is 0 Å². The smallest absolute Gasteiger partial charge is 0.370 e. The summed E-state index contributed by atoms with van der Waals surface area (Å²) < 4.78 is 0. The summed E-state index contributed by atoms with van der Waals surface area (Å²) in [7, 11) is 0. The normalized spacial score (nSPS) is 13.4.